The van der Waals surface area contributed by atoms with Gasteiger partial charge in [-0.2, -0.15) is 15.6 Å². The van der Waals surface area contributed by atoms with Crippen LogP contribution in [0.4, 0.5) is 5.95 Å². The number of nitrogens with zero attached hydrogens (tertiary/aromatic N) is 3. The molecule has 0 spiro atoms. The van der Waals surface area contributed by atoms with Crippen LogP contribution in [0.15, 0.2) is 29.5 Å². The van der Waals surface area contributed by atoms with Gasteiger partial charge in [-0.3, -0.25) is 10.1 Å². The van der Waals surface area contributed by atoms with Crippen molar-refractivity contribution in [2.24, 2.45) is 4.99 Å². The highest BCUT2D eigenvalue weighted by molar-refractivity contribution is 5.92. The molecule has 3 N–H and O–H groups in total. The maximum absolute atomic E-state index is 11.0. The first kappa shape index (κ1) is 17.1. The number of hydroxylamine groups is 1. The molecule has 10 nitrogen and oxygen atoms in total. The molecular weight excluding hydrogens is 316 g/mol. The van der Waals surface area contributed by atoms with Gasteiger partial charge in [0.05, 0.1) is 26.3 Å². The minimum atomic E-state index is -0.517. The number of nitrogens with one attached hydrogen (secondary N) is 3. The summed E-state index contributed by atoms with van der Waals surface area (Å²) < 4.78 is 10.6. The van der Waals surface area contributed by atoms with Gasteiger partial charge in [0.15, 0.2) is 0 Å². The van der Waals surface area contributed by atoms with Crippen molar-refractivity contribution < 1.29 is 19.1 Å². The topological polar surface area (TPSA) is 123 Å². The molecule has 24 heavy (non-hydrogen) atoms. The Morgan fingerprint density at radius 2 is 2.00 bits per heavy atom. The highest BCUT2D eigenvalue weighted by Gasteiger charge is 2.11. The van der Waals surface area contributed by atoms with Gasteiger partial charge in [-0.1, -0.05) is 6.07 Å². The lowest BCUT2D eigenvalue weighted by Crippen LogP contribution is -2.33. The van der Waals surface area contributed by atoms with E-state index in [9.17, 15) is 4.79 Å². The number of aromatic nitrogens is 3. The van der Waals surface area contributed by atoms with Crippen molar-refractivity contribution in [3.05, 3.63) is 30.1 Å². The number of carbonyl (C=O) groups is 1. The molecule has 0 saturated carbocycles. The molecule has 128 valence electrons. The summed E-state index contributed by atoms with van der Waals surface area (Å²) in [6, 6.07) is 5.42. The van der Waals surface area contributed by atoms with E-state index in [1.165, 1.54) is 13.3 Å². The summed E-state index contributed by atoms with van der Waals surface area (Å²) in [5, 5.41) is 9.14. The molecule has 0 aliphatic heterocycles. The van der Waals surface area contributed by atoms with Crippen molar-refractivity contribution >= 4 is 17.9 Å². The van der Waals surface area contributed by atoms with Gasteiger partial charge in [-0.05, 0) is 12.1 Å². The van der Waals surface area contributed by atoms with Crippen molar-refractivity contribution in [1.29, 1.82) is 0 Å². The first-order valence-corrected chi connectivity index (χ1v) is 6.94. The molecule has 0 fully saturated rings. The van der Waals surface area contributed by atoms with Crippen LogP contribution in [0.2, 0.25) is 0 Å². The van der Waals surface area contributed by atoms with E-state index in [0.29, 0.717) is 17.4 Å². The van der Waals surface area contributed by atoms with Gasteiger partial charge < -0.3 is 14.3 Å². The Balaban J connectivity index is 2.21. The van der Waals surface area contributed by atoms with Crippen molar-refractivity contribution in [2.45, 2.75) is 13.5 Å². The van der Waals surface area contributed by atoms with E-state index in [1.807, 2.05) is 6.07 Å². The predicted octanol–water partition coefficient (Wildman–Crippen LogP) is 0.858. The summed E-state index contributed by atoms with van der Waals surface area (Å²) in [5.74, 6) is 1.24. The molecule has 0 saturated heterocycles. The largest absolute Gasteiger partial charge is 0.496 e. The zero-order chi connectivity index (χ0) is 17.4. The Labute approximate surface area is 138 Å². The minimum Gasteiger partial charge on any atom is -0.496 e. The minimum absolute atomic E-state index is 0.162. The monoisotopic (exact) mass is 334 g/mol. The summed E-state index contributed by atoms with van der Waals surface area (Å²) in [6.07, 6.45) is 1.33. The van der Waals surface area contributed by atoms with Crippen molar-refractivity contribution in [3.8, 4) is 11.5 Å². The zero-order valence-electron chi connectivity index (χ0n) is 13.5. The van der Waals surface area contributed by atoms with Crippen LogP contribution in [0.3, 0.4) is 0 Å². The average molecular weight is 334 g/mol. The van der Waals surface area contributed by atoms with E-state index in [0.717, 1.165) is 5.56 Å². The lowest BCUT2D eigenvalue weighted by molar-refractivity contribution is -0.145. The number of aromatic amines is 1. The van der Waals surface area contributed by atoms with Crippen LogP contribution in [0, 0.1) is 0 Å². The van der Waals surface area contributed by atoms with Crippen LogP contribution in [0.5, 0.6) is 11.5 Å². The molecule has 0 atom stereocenters. The van der Waals surface area contributed by atoms with Gasteiger partial charge in [0, 0.05) is 6.92 Å². The Bertz CT molecular complexity index is 679. The fourth-order valence-corrected chi connectivity index (χ4v) is 1.84. The molecule has 1 heterocycles. The summed E-state index contributed by atoms with van der Waals surface area (Å²) in [4.78, 5) is 24.0. The molecule has 0 amide bonds. The molecule has 0 bridgehead atoms. The predicted molar refractivity (Wildman–Crippen MR) is 85.6 cm³/mol. The third kappa shape index (κ3) is 4.60. The summed E-state index contributed by atoms with van der Waals surface area (Å²) in [6.45, 7) is 1.47. The van der Waals surface area contributed by atoms with Crippen LogP contribution >= 0.6 is 0 Å². The number of guanidine groups is 1. The van der Waals surface area contributed by atoms with E-state index < -0.39 is 5.97 Å². The number of hydrogen-bond donors (Lipinski definition) is 3. The highest BCUT2D eigenvalue weighted by atomic mass is 16.7. The van der Waals surface area contributed by atoms with Gasteiger partial charge >= 0.3 is 5.97 Å². The Hall–Kier alpha value is -3.30. The quantitative estimate of drug-likeness (QED) is 0.418. The van der Waals surface area contributed by atoms with E-state index >= 15 is 0 Å². The van der Waals surface area contributed by atoms with Crippen molar-refractivity contribution in [1.82, 2.24) is 20.7 Å². The van der Waals surface area contributed by atoms with Gasteiger partial charge in [-0.25, -0.2) is 10.1 Å². The molecule has 0 aliphatic carbocycles. The number of anilines is 1. The number of ether oxygens (including phenoxy) is 2. The highest BCUT2D eigenvalue weighted by Crippen LogP contribution is 2.28. The van der Waals surface area contributed by atoms with Crippen LogP contribution in [-0.2, 0) is 16.2 Å². The lowest BCUT2D eigenvalue weighted by Gasteiger charge is -2.13. The van der Waals surface area contributed by atoms with Crippen LogP contribution in [-0.4, -0.2) is 41.3 Å². The van der Waals surface area contributed by atoms with Crippen LogP contribution < -0.4 is 20.3 Å². The van der Waals surface area contributed by atoms with Gasteiger partial charge in [0.2, 0.25) is 11.9 Å². The van der Waals surface area contributed by atoms with Gasteiger partial charge in [0.1, 0.15) is 17.8 Å². The molecule has 2 rings (SSSR count). The maximum Gasteiger partial charge on any atom is 0.329 e. The summed E-state index contributed by atoms with van der Waals surface area (Å²) >= 11 is 0. The third-order valence-electron chi connectivity index (χ3n) is 2.87. The van der Waals surface area contributed by atoms with Crippen molar-refractivity contribution in [3.63, 3.8) is 0 Å². The average Bonchev–Trinajstić information content (AvgIpc) is 3.09. The lowest BCUT2D eigenvalue weighted by atomic mass is 10.2. The SMILES string of the molecule is COc1cccc(OC)c1CN=C(NOC(C)=O)Nc1ncn[nH]1. The number of benzene rings is 1. The number of methoxy groups -OCH3 is 2. The number of H-pyrrole nitrogens is 1. The number of hydrogen-bond acceptors (Lipinski definition) is 7. The molecule has 0 unspecified atom stereocenters. The zero-order valence-corrected chi connectivity index (χ0v) is 13.5. The fraction of sp³-hybridized carbons (Fsp3) is 0.286. The molecule has 0 aliphatic rings. The van der Waals surface area contributed by atoms with E-state index in [1.54, 1.807) is 26.4 Å². The van der Waals surface area contributed by atoms with Crippen LogP contribution in [0.1, 0.15) is 12.5 Å². The van der Waals surface area contributed by atoms with Gasteiger partial charge in [0.25, 0.3) is 0 Å². The third-order valence-corrected chi connectivity index (χ3v) is 2.87. The first-order valence-electron chi connectivity index (χ1n) is 6.94. The number of carbonyl (C=O) groups excluding carboxylic acids is 1. The molecule has 10 heteroatoms. The second-order valence-electron chi connectivity index (χ2n) is 4.46. The molecule has 2 aromatic rings. The van der Waals surface area contributed by atoms with Crippen molar-refractivity contribution in [2.75, 3.05) is 19.5 Å². The Morgan fingerprint density at radius 3 is 2.54 bits per heavy atom. The first-order chi connectivity index (χ1) is 11.6. The summed E-state index contributed by atoms with van der Waals surface area (Å²) in [7, 11) is 3.12. The normalized spacial score (nSPS) is 10.9. The van der Waals surface area contributed by atoms with E-state index in [-0.39, 0.29) is 12.5 Å². The Kier molecular flexibility index (Phi) is 5.95. The smallest absolute Gasteiger partial charge is 0.329 e. The maximum atomic E-state index is 11.0. The number of rotatable bonds is 5. The fourth-order valence-electron chi connectivity index (χ4n) is 1.84. The number of aliphatic imine (C=N–C) groups is 1. The summed E-state index contributed by atoms with van der Waals surface area (Å²) in [5.41, 5.74) is 3.16. The van der Waals surface area contributed by atoms with Gasteiger partial charge in [-0.15, -0.1) is 0 Å². The molecule has 0 radical (unpaired) electrons. The Morgan fingerprint density at radius 1 is 1.29 bits per heavy atom. The van der Waals surface area contributed by atoms with E-state index in [2.05, 4.69) is 31.0 Å². The molecule has 1 aromatic heterocycles. The standard InChI is InChI=1S/C14H18N6O4/c1-9(21)24-20-14(18-13-16-8-17-19-13)15-7-10-11(22-2)5-4-6-12(10)23-3/h4-6,8H,7H2,1-3H3,(H3,15,16,17,18,19,20). The molecule has 1 aromatic carbocycles. The second kappa shape index (κ2) is 8.36. The second-order valence-corrected chi connectivity index (χ2v) is 4.46. The van der Waals surface area contributed by atoms with E-state index in [4.69, 9.17) is 14.3 Å². The van der Waals surface area contributed by atoms with Crippen LogP contribution in [0.25, 0.3) is 0 Å². The molecular formula is C14H18N6O4.